The van der Waals surface area contributed by atoms with Crippen molar-refractivity contribution in [2.45, 2.75) is 13.5 Å². The first-order valence-electron chi connectivity index (χ1n) is 6.66. The molecule has 0 unspecified atom stereocenters. The van der Waals surface area contributed by atoms with Crippen LogP contribution in [0.5, 0.6) is 0 Å². The SMILES string of the molecule is CCNC(=O)c1cccc(NCc2ccc(F)cc2F)c1. The third kappa shape index (κ3) is 4.02. The van der Waals surface area contributed by atoms with Crippen LogP contribution >= 0.6 is 0 Å². The van der Waals surface area contributed by atoms with E-state index in [9.17, 15) is 13.6 Å². The maximum atomic E-state index is 13.5. The highest BCUT2D eigenvalue weighted by atomic mass is 19.1. The number of nitrogens with one attached hydrogen (secondary N) is 2. The Morgan fingerprint density at radius 1 is 1.14 bits per heavy atom. The van der Waals surface area contributed by atoms with Crippen LogP contribution in [0.4, 0.5) is 14.5 Å². The highest BCUT2D eigenvalue weighted by molar-refractivity contribution is 5.95. The van der Waals surface area contributed by atoms with Gasteiger partial charge < -0.3 is 10.6 Å². The number of benzene rings is 2. The van der Waals surface area contributed by atoms with E-state index < -0.39 is 11.6 Å². The normalized spacial score (nSPS) is 10.2. The molecule has 2 rings (SSSR count). The summed E-state index contributed by atoms with van der Waals surface area (Å²) in [5, 5.41) is 5.73. The van der Waals surface area contributed by atoms with Crippen molar-refractivity contribution in [1.29, 1.82) is 0 Å². The lowest BCUT2D eigenvalue weighted by molar-refractivity contribution is 0.0956. The highest BCUT2D eigenvalue weighted by Gasteiger charge is 2.06. The van der Waals surface area contributed by atoms with E-state index in [0.29, 0.717) is 23.4 Å². The molecule has 0 heterocycles. The molecule has 2 aromatic rings. The second-order valence-corrected chi connectivity index (χ2v) is 4.53. The van der Waals surface area contributed by atoms with Gasteiger partial charge in [-0.25, -0.2) is 8.78 Å². The average Bonchev–Trinajstić information content (AvgIpc) is 2.47. The summed E-state index contributed by atoms with van der Waals surface area (Å²) < 4.78 is 26.3. The van der Waals surface area contributed by atoms with Crippen molar-refractivity contribution in [3.8, 4) is 0 Å². The molecule has 1 amide bonds. The van der Waals surface area contributed by atoms with Crippen LogP contribution in [0, 0.1) is 11.6 Å². The quantitative estimate of drug-likeness (QED) is 0.887. The molecule has 3 nitrogen and oxygen atoms in total. The Balaban J connectivity index is 2.06. The molecule has 0 aliphatic carbocycles. The standard InChI is InChI=1S/C16H16F2N2O/c1-2-19-16(21)11-4-3-5-14(8-11)20-10-12-6-7-13(17)9-15(12)18/h3-9,20H,2,10H2,1H3,(H,19,21). The molecule has 21 heavy (non-hydrogen) atoms. The van der Waals surface area contributed by atoms with E-state index in [2.05, 4.69) is 10.6 Å². The lowest BCUT2D eigenvalue weighted by Crippen LogP contribution is -2.22. The van der Waals surface area contributed by atoms with Gasteiger partial charge in [0.2, 0.25) is 0 Å². The van der Waals surface area contributed by atoms with Crippen molar-refractivity contribution in [2.75, 3.05) is 11.9 Å². The van der Waals surface area contributed by atoms with Crippen molar-refractivity contribution in [1.82, 2.24) is 5.32 Å². The molecule has 0 saturated carbocycles. The van der Waals surface area contributed by atoms with Gasteiger partial charge in [-0.1, -0.05) is 12.1 Å². The summed E-state index contributed by atoms with van der Waals surface area (Å²) in [5.41, 5.74) is 1.59. The van der Waals surface area contributed by atoms with Gasteiger partial charge in [-0.2, -0.15) is 0 Å². The van der Waals surface area contributed by atoms with Gasteiger partial charge >= 0.3 is 0 Å². The van der Waals surface area contributed by atoms with Gasteiger partial charge in [-0.3, -0.25) is 4.79 Å². The molecule has 0 bridgehead atoms. The minimum absolute atomic E-state index is 0.158. The first-order valence-corrected chi connectivity index (χ1v) is 6.66. The first kappa shape index (κ1) is 15.0. The largest absolute Gasteiger partial charge is 0.381 e. The van der Waals surface area contributed by atoms with Gasteiger partial charge in [0.25, 0.3) is 5.91 Å². The summed E-state index contributed by atoms with van der Waals surface area (Å²) in [6.07, 6.45) is 0. The smallest absolute Gasteiger partial charge is 0.251 e. The number of amides is 1. The minimum atomic E-state index is -0.602. The summed E-state index contributed by atoms with van der Waals surface area (Å²) in [5.74, 6) is -1.36. The molecule has 0 radical (unpaired) electrons. The predicted octanol–water partition coefficient (Wildman–Crippen LogP) is 3.33. The zero-order valence-electron chi connectivity index (χ0n) is 11.6. The fourth-order valence-corrected chi connectivity index (χ4v) is 1.90. The minimum Gasteiger partial charge on any atom is -0.381 e. The zero-order chi connectivity index (χ0) is 15.2. The van der Waals surface area contributed by atoms with Gasteiger partial charge in [0, 0.05) is 36.0 Å². The molecule has 0 spiro atoms. The van der Waals surface area contributed by atoms with Gasteiger partial charge in [0.1, 0.15) is 11.6 Å². The summed E-state index contributed by atoms with van der Waals surface area (Å²) in [6.45, 7) is 2.61. The van der Waals surface area contributed by atoms with Crippen molar-refractivity contribution in [3.05, 3.63) is 65.2 Å². The Hall–Kier alpha value is -2.43. The number of halogens is 2. The van der Waals surface area contributed by atoms with E-state index in [-0.39, 0.29) is 12.5 Å². The number of carbonyl (C=O) groups excluding carboxylic acids is 1. The summed E-state index contributed by atoms with van der Waals surface area (Å²) in [6, 6.07) is 10.4. The van der Waals surface area contributed by atoms with E-state index in [0.717, 1.165) is 6.07 Å². The number of hydrogen-bond acceptors (Lipinski definition) is 2. The van der Waals surface area contributed by atoms with Crippen LogP contribution in [0.25, 0.3) is 0 Å². The molecule has 0 atom stereocenters. The Bertz CT molecular complexity index is 644. The van der Waals surface area contributed by atoms with Crippen molar-refractivity contribution < 1.29 is 13.6 Å². The van der Waals surface area contributed by atoms with Crippen LogP contribution in [0.2, 0.25) is 0 Å². The molecule has 5 heteroatoms. The van der Waals surface area contributed by atoms with E-state index in [1.807, 2.05) is 6.92 Å². The van der Waals surface area contributed by atoms with E-state index in [4.69, 9.17) is 0 Å². The third-order valence-corrected chi connectivity index (χ3v) is 2.96. The van der Waals surface area contributed by atoms with Crippen LogP contribution in [0.1, 0.15) is 22.8 Å². The molecule has 0 saturated heterocycles. The van der Waals surface area contributed by atoms with Crippen molar-refractivity contribution >= 4 is 11.6 Å². The monoisotopic (exact) mass is 290 g/mol. The molecule has 0 aliphatic heterocycles. The Labute approximate surface area is 122 Å². The third-order valence-electron chi connectivity index (χ3n) is 2.96. The maximum absolute atomic E-state index is 13.5. The van der Waals surface area contributed by atoms with Crippen LogP contribution in [-0.2, 0) is 6.54 Å². The Morgan fingerprint density at radius 2 is 1.95 bits per heavy atom. The fraction of sp³-hybridized carbons (Fsp3) is 0.188. The lowest BCUT2D eigenvalue weighted by Gasteiger charge is -2.09. The summed E-state index contributed by atoms with van der Waals surface area (Å²) >= 11 is 0. The van der Waals surface area contributed by atoms with Gasteiger partial charge in [-0.05, 0) is 31.2 Å². The number of carbonyl (C=O) groups is 1. The first-order chi connectivity index (χ1) is 10.1. The highest BCUT2D eigenvalue weighted by Crippen LogP contribution is 2.14. The predicted molar refractivity (Wildman–Crippen MR) is 78.1 cm³/mol. The molecule has 2 N–H and O–H groups in total. The fourth-order valence-electron chi connectivity index (χ4n) is 1.90. The van der Waals surface area contributed by atoms with Crippen LogP contribution < -0.4 is 10.6 Å². The average molecular weight is 290 g/mol. The van der Waals surface area contributed by atoms with Crippen molar-refractivity contribution in [3.63, 3.8) is 0 Å². The van der Waals surface area contributed by atoms with Gasteiger partial charge in [0.15, 0.2) is 0 Å². The van der Waals surface area contributed by atoms with Gasteiger partial charge in [0.05, 0.1) is 0 Å². The maximum Gasteiger partial charge on any atom is 0.251 e. The number of anilines is 1. The zero-order valence-corrected chi connectivity index (χ0v) is 11.6. The second-order valence-electron chi connectivity index (χ2n) is 4.53. The van der Waals surface area contributed by atoms with Crippen LogP contribution in [0.15, 0.2) is 42.5 Å². The summed E-state index contributed by atoms with van der Waals surface area (Å²) in [4.78, 5) is 11.7. The van der Waals surface area contributed by atoms with E-state index in [1.54, 1.807) is 24.3 Å². The molecular weight excluding hydrogens is 274 g/mol. The molecule has 110 valence electrons. The molecule has 0 aliphatic rings. The lowest BCUT2D eigenvalue weighted by atomic mass is 10.1. The second kappa shape index (κ2) is 6.83. The Morgan fingerprint density at radius 3 is 2.67 bits per heavy atom. The Kier molecular flexibility index (Phi) is 4.87. The van der Waals surface area contributed by atoms with Crippen molar-refractivity contribution in [2.24, 2.45) is 0 Å². The number of hydrogen-bond donors (Lipinski definition) is 2. The molecule has 0 aromatic heterocycles. The number of rotatable bonds is 5. The van der Waals surface area contributed by atoms with E-state index in [1.165, 1.54) is 12.1 Å². The summed E-state index contributed by atoms with van der Waals surface area (Å²) in [7, 11) is 0. The molecule has 2 aromatic carbocycles. The van der Waals surface area contributed by atoms with Crippen LogP contribution in [0.3, 0.4) is 0 Å². The van der Waals surface area contributed by atoms with E-state index >= 15 is 0 Å². The topological polar surface area (TPSA) is 41.1 Å². The molecule has 0 fully saturated rings. The molecular formula is C16H16F2N2O. The van der Waals surface area contributed by atoms with Gasteiger partial charge in [-0.15, -0.1) is 0 Å². The van der Waals surface area contributed by atoms with Crippen LogP contribution in [-0.4, -0.2) is 12.5 Å².